The van der Waals surface area contributed by atoms with E-state index < -0.39 is 0 Å². The number of ether oxygens (including phenoxy) is 1. The Morgan fingerprint density at radius 2 is 2.12 bits per heavy atom. The second-order valence-electron chi connectivity index (χ2n) is 5.86. The normalized spacial score (nSPS) is 18.5. The summed E-state index contributed by atoms with van der Waals surface area (Å²) >= 11 is 3.44. The fourth-order valence-corrected chi connectivity index (χ4v) is 3.20. The molecule has 0 spiro atoms. The van der Waals surface area contributed by atoms with Crippen molar-refractivity contribution in [2.24, 2.45) is 7.05 Å². The highest BCUT2D eigenvalue weighted by molar-refractivity contribution is 9.10. The van der Waals surface area contributed by atoms with Gasteiger partial charge in [-0.25, -0.2) is 0 Å². The Kier molecular flexibility index (Phi) is 7.01. The molecule has 25 heavy (non-hydrogen) atoms. The topological polar surface area (TPSA) is 59.4 Å². The number of carbonyl (C=O) groups excluding carboxylic acids is 1. The van der Waals surface area contributed by atoms with Gasteiger partial charge >= 0.3 is 0 Å². The SMILES string of the molecule is CNC(C(=O)N1CCOC(c2ccc(Br)cc2)C1)c1cnn(C)c1.Cl. The number of hydrogen-bond donors (Lipinski definition) is 1. The van der Waals surface area contributed by atoms with Crippen molar-refractivity contribution < 1.29 is 9.53 Å². The summed E-state index contributed by atoms with van der Waals surface area (Å²) in [6, 6.07) is 7.65. The minimum atomic E-state index is -0.387. The van der Waals surface area contributed by atoms with Crippen LogP contribution in [0.1, 0.15) is 23.3 Å². The molecule has 1 aliphatic heterocycles. The van der Waals surface area contributed by atoms with Gasteiger partial charge < -0.3 is 15.0 Å². The summed E-state index contributed by atoms with van der Waals surface area (Å²) in [6.45, 7) is 1.69. The predicted octanol–water partition coefficient (Wildman–Crippen LogP) is 2.47. The lowest BCUT2D eigenvalue weighted by atomic mass is 10.1. The van der Waals surface area contributed by atoms with Crippen LogP contribution in [0, 0.1) is 0 Å². The maximum absolute atomic E-state index is 12.9. The largest absolute Gasteiger partial charge is 0.370 e. The van der Waals surface area contributed by atoms with Crippen LogP contribution in [0.4, 0.5) is 0 Å². The Morgan fingerprint density at radius 1 is 1.40 bits per heavy atom. The number of halogens is 2. The number of rotatable bonds is 4. The summed E-state index contributed by atoms with van der Waals surface area (Å²) in [5, 5.41) is 7.26. The van der Waals surface area contributed by atoms with E-state index >= 15 is 0 Å². The summed E-state index contributed by atoms with van der Waals surface area (Å²) in [5.74, 6) is 0.0518. The summed E-state index contributed by atoms with van der Waals surface area (Å²) in [6.07, 6.45) is 3.50. The van der Waals surface area contributed by atoms with E-state index in [1.807, 2.05) is 42.4 Å². The van der Waals surface area contributed by atoms with E-state index in [-0.39, 0.29) is 30.5 Å². The van der Waals surface area contributed by atoms with Crippen LogP contribution in [0.25, 0.3) is 0 Å². The molecule has 6 nitrogen and oxygen atoms in total. The van der Waals surface area contributed by atoms with E-state index in [1.54, 1.807) is 17.9 Å². The first-order chi connectivity index (χ1) is 11.6. The molecule has 3 rings (SSSR count). The van der Waals surface area contributed by atoms with Crippen LogP contribution in [0.5, 0.6) is 0 Å². The zero-order chi connectivity index (χ0) is 17.1. The van der Waals surface area contributed by atoms with E-state index in [9.17, 15) is 4.79 Å². The molecule has 2 unspecified atom stereocenters. The van der Waals surface area contributed by atoms with E-state index in [1.165, 1.54) is 0 Å². The van der Waals surface area contributed by atoms with Crippen molar-refractivity contribution >= 4 is 34.2 Å². The number of likely N-dealkylation sites (N-methyl/N-ethyl adjacent to an activating group) is 1. The third-order valence-corrected chi connectivity index (χ3v) is 4.74. The highest BCUT2D eigenvalue weighted by atomic mass is 79.9. The van der Waals surface area contributed by atoms with E-state index in [0.717, 1.165) is 15.6 Å². The summed E-state index contributed by atoms with van der Waals surface area (Å²) in [4.78, 5) is 14.8. The zero-order valence-electron chi connectivity index (χ0n) is 14.2. The van der Waals surface area contributed by atoms with E-state index in [4.69, 9.17) is 4.74 Å². The average Bonchev–Trinajstić information content (AvgIpc) is 3.02. The van der Waals surface area contributed by atoms with Crippen LogP contribution in [0.3, 0.4) is 0 Å². The number of morpholine rings is 1. The van der Waals surface area contributed by atoms with Gasteiger partial charge in [0.15, 0.2) is 0 Å². The average molecular weight is 430 g/mol. The fourth-order valence-electron chi connectivity index (χ4n) is 2.93. The number of hydrogen-bond acceptors (Lipinski definition) is 4. The van der Waals surface area contributed by atoms with Crippen LogP contribution in [0.15, 0.2) is 41.1 Å². The Hall–Kier alpha value is -1.41. The number of aryl methyl sites for hydroxylation is 1. The smallest absolute Gasteiger partial charge is 0.244 e. The predicted molar refractivity (Wildman–Crippen MR) is 102 cm³/mol. The third-order valence-electron chi connectivity index (χ3n) is 4.21. The standard InChI is InChI=1S/C17H21BrN4O2.ClH/c1-19-16(13-9-20-21(2)10-13)17(23)22-7-8-24-15(11-22)12-3-5-14(18)6-4-12;/h3-6,9-10,15-16,19H,7-8,11H2,1-2H3;1H. The van der Waals surface area contributed by atoms with Gasteiger partial charge in [-0.15, -0.1) is 12.4 Å². The number of aromatic nitrogens is 2. The highest BCUT2D eigenvalue weighted by Crippen LogP contribution is 2.25. The van der Waals surface area contributed by atoms with Crippen LogP contribution in [-0.4, -0.2) is 47.3 Å². The molecule has 1 aliphatic rings. The second-order valence-corrected chi connectivity index (χ2v) is 6.78. The Morgan fingerprint density at radius 3 is 2.72 bits per heavy atom. The van der Waals surface area contributed by atoms with Gasteiger partial charge in [0, 0.05) is 29.8 Å². The number of nitrogens with zero attached hydrogens (tertiary/aromatic N) is 3. The summed E-state index contributed by atoms with van der Waals surface area (Å²) < 4.78 is 8.60. The van der Waals surface area contributed by atoms with E-state index in [0.29, 0.717) is 19.7 Å². The van der Waals surface area contributed by atoms with Gasteiger partial charge in [-0.2, -0.15) is 5.10 Å². The van der Waals surface area contributed by atoms with Crippen molar-refractivity contribution in [3.8, 4) is 0 Å². The molecule has 1 aromatic carbocycles. The molecule has 1 N–H and O–H groups in total. The zero-order valence-corrected chi connectivity index (χ0v) is 16.6. The van der Waals surface area contributed by atoms with Gasteiger partial charge in [-0.05, 0) is 24.7 Å². The monoisotopic (exact) mass is 428 g/mol. The van der Waals surface area contributed by atoms with E-state index in [2.05, 4.69) is 26.3 Å². The van der Waals surface area contributed by atoms with Crippen molar-refractivity contribution in [1.82, 2.24) is 20.0 Å². The molecular formula is C17H22BrClN4O2. The van der Waals surface area contributed by atoms with Crippen molar-refractivity contribution in [1.29, 1.82) is 0 Å². The maximum atomic E-state index is 12.9. The number of carbonyl (C=O) groups is 1. The first kappa shape index (κ1) is 19.9. The maximum Gasteiger partial charge on any atom is 0.244 e. The van der Waals surface area contributed by atoms with Gasteiger partial charge in [0.05, 0.1) is 19.3 Å². The Bertz CT molecular complexity index is 707. The molecule has 0 aliphatic carbocycles. The lowest BCUT2D eigenvalue weighted by molar-refractivity contribution is -0.141. The molecule has 8 heteroatoms. The van der Waals surface area contributed by atoms with Crippen LogP contribution in [-0.2, 0) is 16.6 Å². The number of benzene rings is 1. The van der Waals surface area contributed by atoms with Gasteiger partial charge in [-0.3, -0.25) is 9.48 Å². The first-order valence-electron chi connectivity index (χ1n) is 7.90. The fraction of sp³-hybridized carbons (Fsp3) is 0.412. The molecule has 2 heterocycles. The van der Waals surface area contributed by atoms with Crippen molar-refractivity contribution in [3.05, 3.63) is 52.3 Å². The molecule has 1 saturated heterocycles. The summed E-state index contributed by atoms with van der Waals surface area (Å²) in [5.41, 5.74) is 1.95. The molecule has 2 atom stereocenters. The van der Waals surface area contributed by atoms with Gasteiger partial charge in [0.1, 0.15) is 12.1 Å². The Labute approximate surface area is 162 Å². The van der Waals surface area contributed by atoms with Crippen LogP contribution in [0.2, 0.25) is 0 Å². The summed E-state index contributed by atoms with van der Waals surface area (Å²) in [7, 11) is 3.64. The highest BCUT2D eigenvalue weighted by Gasteiger charge is 2.30. The molecule has 2 aromatic rings. The van der Waals surface area contributed by atoms with Crippen LogP contribution >= 0.6 is 28.3 Å². The number of amides is 1. The lowest BCUT2D eigenvalue weighted by Gasteiger charge is -2.35. The molecule has 136 valence electrons. The van der Waals surface area contributed by atoms with Crippen LogP contribution < -0.4 is 5.32 Å². The van der Waals surface area contributed by atoms with Crippen molar-refractivity contribution in [2.45, 2.75) is 12.1 Å². The third kappa shape index (κ3) is 4.61. The molecule has 1 amide bonds. The molecule has 0 bridgehead atoms. The molecular weight excluding hydrogens is 408 g/mol. The molecule has 0 radical (unpaired) electrons. The van der Waals surface area contributed by atoms with Crippen molar-refractivity contribution in [3.63, 3.8) is 0 Å². The van der Waals surface area contributed by atoms with Crippen molar-refractivity contribution in [2.75, 3.05) is 26.7 Å². The van der Waals surface area contributed by atoms with Gasteiger partial charge in [-0.1, -0.05) is 28.1 Å². The molecule has 0 saturated carbocycles. The Balaban J connectivity index is 0.00000225. The molecule has 1 fully saturated rings. The minimum absolute atomic E-state index is 0. The molecule has 1 aromatic heterocycles. The first-order valence-corrected chi connectivity index (χ1v) is 8.69. The minimum Gasteiger partial charge on any atom is -0.370 e. The van der Waals surface area contributed by atoms with Gasteiger partial charge in [0.25, 0.3) is 0 Å². The van der Waals surface area contributed by atoms with Gasteiger partial charge in [0.2, 0.25) is 5.91 Å². The second kappa shape index (κ2) is 8.80. The quantitative estimate of drug-likeness (QED) is 0.811. The lowest BCUT2D eigenvalue weighted by Crippen LogP contribution is -2.46. The number of nitrogens with one attached hydrogen (secondary N) is 1.